The average Bonchev–Trinajstić information content (AvgIpc) is 3.15. The summed E-state index contributed by atoms with van der Waals surface area (Å²) in [5.41, 5.74) is 4.62. The minimum Gasteiger partial charge on any atom is -0.232 e. The predicted molar refractivity (Wildman–Crippen MR) is 86.6 cm³/mol. The second kappa shape index (κ2) is 5.02. The molecule has 2 nitrogen and oxygen atoms in total. The molecule has 4 heteroatoms. The number of aromatic nitrogens is 2. The molecule has 1 aliphatic carbocycles. The summed E-state index contributed by atoms with van der Waals surface area (Å²) in [6, 6.07) is 6.38. The summed E-state index contributed by atoms with van der Waals surface area (Å²) in [6.07, 6.45) is 2.44. The van der Waals surface area contributed by atoms with Crippen LogP contribution in [0.2, 0.25) is 5.15 Å². The van der Waals surface area contributed by atoms with Crippen molar-refractivity contribution in [2.45, 2.75) is 32.6 Å². The summed E-state index contributed by atoms with van der Waals surface area (Å²) in [6.45, 7) is 4.18. The van der Waals surface area contributed by atoms with Crippen molar-refractivity contribution < 1.29 is 0 Å². The smallest absolute Gasteiger partial charge is 0.161 e. The number of benzene rings is 1. The van der Waals surface area contributed by atoms with Gasteiger partial charge in [-0.1, -0.05) is 28.8 Å². The molecule has 1 aliphatic rings. The van der Waals surface area contributed by atoms with Crippen molar-refractivity contribution in [1.82, 2.24) is 9.97 Å². The summed E-state index contributed by atoms with van der Waals surface area (Å²) >= 11 is 8.51. The summed E-state index contributed by atoms with van der Waals surface area (Å²) in [4.78, 5) is 9.19. The molecule has 0 bridgehead atoms. The van der Waals surface area contributed by atoms with Crippen molar-refractivity contribution in [2.75, 3.05) is 0 Å². The molecule has 19 heavy (non-hydrogen) atoms. The third kappa shape index (κ3) is 2.77. The van der Waals surface area contributed by atoms with E-state index in [0.717, 1.165) is 20.7 Å². The fourth-order valence-corrected chi connectivity index (χ4v) is 3.15. The molecule has 1 heterocycles. The van der Waals surface area contributed by atoms with Gasteiger partial charge in [0.2, 0.25) is 0 Å². The SMILES string of the molecule is Cc1cc(C)cc(-c2nc(Cl)c(I)c(C3CC3)n2)c1. The number of rotatable bonds is 2. The summed E-state index contributed by atoms with van der Waals surface area (Å²) in [5.74, 6) is 1.33. The molecule has 0 N–H and O–H groups in total. The molecular weight excluding hydrogens is 371 g/mol. The van der Waals surface area contributed by atoms with Crippen molar-refractivity contribution in [3.63, 3.8) is 0 Å². The van der Waals surface area contributed by atoms with Crippen LogP contribution in [-0.2, 0) is 0 Å². The Bertz CT molecular complexity index is 631. The van der Waals surface area contributed by atoms with Gasteiger partial charge in [-0.3, -0.25) is 0 Å². The number of halogens is 2. The molecule has 0 aliphatic heterocycles. The van der Waals surface area contributed by atoms with Crippen molar-refractivity contribution in [1.29, 1.82) is 0 Å². The van der Waals surface area contributed by atoms with E-state index in [-0.39, 0.29) is 0 Å². The minimum atomic E-state index is 0.576. The van der Waals surface area contributed by atoms with Crippen LogP contribution in [0.3, 0.4) is 0 Å². The van der Waals surface area contributed by atoms with Gasteiger partial charge in [-0.25, -0.2) is 9.97 Å². The molecule has 2 aromatic rings. The van der Waals surface area contributed by atoms with Gasteiger partial charge in [0.15, 0.2) is 5.82 Å². The molecule has 0 atom stereocenters. The number of hydrogen-bond acceptors (Lipinski definition) is 2. The maximum Gasteiger partial charge on any atom is 0.161 e. The maximum atomic E-state index is 6.26. The van der Waals surface area contributed by atoms with Crippen LogP contribution in [-0.4, -0.2) is 9.97 Å². The summed E-state index contributed by atoms with van der Waals surface area (Å²) < 4.78 is 1.01. The van der Waals surface area contributed by atoms with Crippen LogP contribution in [0.15, 0.2) is 18.2 Å². The first-order valence-corrected chi connectivity index (χ1v) is 7.82. The molecule has 0 saturated heterocycles. The number of nitrogens with zero attached hydrogens (tertiary/aromatic N) is 2. The maximum absolute atomic E-state index is 6.26. The van der Waals surface area contributed by atoms with Crippen LogP contribution < -0.4 is 0 Å². The van der Waals surface area contributed by atoms with E-state index in [2.05, 4.69) is 59.6 Å². The lowest BCUT2D eigenvalue weighted by atomic mass is 10.1. The Labute approximate surface area is 131 Å². The lowest BCUT2D eigenvalue weighted by molar-refractivity contribution is 0.977. The molecular formula is C15H14ClIN2. The molecule has 0 amide bonds. The second-order valence-corrected chi connectivity index (χ2v) is 6.62. The largest absolute Gasteiger partial charge is 0.232 e. The third-order valence-electron chi connectivity index (χ3n) is 3.28. The van der Waals surface area contributed by atoms with E-state index in [1.807, 2.05) is 0 Å². The Balaban J connectivity index is 2.14. The van der Waals surface area contributed by atoms with Gasteiger partial charge < -0.3 is 0 Å². The zero-order valence-electron chi connectivity index (χ0n) is 10.9. The van der Waals surface area contributed by atoms with Gasteiger partial charge in [-0.05, 0) is 61.4 Å². The number of hydrogen-bond donors (Lipinski definition) is 0. The molecule has 1 aromatic heterocycles. The van der Waals surface area contributed by atoms with Crippen LogP contribution in [0.4, 0.5) is 0 Å². The highest BCUT2D eigenvalue weighted by atomic mass is 127. The van der Waals surface area contributed by atoms with E-state index >= 15 is 0 Å². The van der Waals surface area contributed by atoms with Gasteiger partial charge in [0, 0.05) is 11.5 Å². The lowest BCUT2D eigenvalue weighted by Crippen LogP contribution is -2.00. The molecule has 0 unspecified atom stereocenters. The van der Waals surface area contributed by atoms with E-state index in [1.165, 1.54) is 24.0 Å². The van der Waals surface area contributed by atoms with Gasteiger partial charge in [0.05, 0.1) is 9.26 Å². The predicted octanol–water partition coefficient (Wildman–Crippen LogP) is 4.90. The van der Waals surface area contributed by atoms with E-state index in [9.17, 15) is 0 Å². The van der Waals surface area contributed by atoms with Gasteiger partial charge in [0.25, 0.3) is 0 Å². The van der Waals surface area contributed by atoms with Crippen LogP contribution >= 0.6 is 34.2 Å². The Kier molecular flexibility index (Phi) is 3.52. The second-order valence-electron chi connectivity index (χ2n) is 5.19. The first kappa shape index (κ1) is 13.3. The lowest BCUT2D eigenvalue weighted by Gasteiger charge is -2.09. The molecule has 0 spiro atoms. The average molecular weight is 385 g/mol. The standard InChI is InChI=1S/C15H14ClIN2/c1-8-5-9(2)7-11(6-8)15-18-13(10-3-4-10)12(17)14(16)19-15/h5-7,10H,3-4H2,1-2H3. The Morgan fingerprint density at radius 3 is 2.32 bits per heavy atom. The van der Waals surface area contributed by atoms with E-state index in [4.69, 9.17) is 16.6 Å². The summed E-state index contributed by atoms with van der Waals surface area (Å²) in [7, 11) is 0. The molecule has 3 rings (SSSR count). The van der Waals surface area contributed by atoms with Crippen molar-refractivity contribution in [2.24, 2.45) is 0 Å². The minimum absolute atomic E-state index is 0.576. The highest BCUT2D eigenvalue weighted by Gasteiger charge is 2.29. The highest BCUT2D eigenvalue weighted by Crippen LogP contribution is 2.42. The van der Waals surface area contributed by atoms with Gasteiger partial charge in [-0.2, -0.15) is 0 Å². The van der Waals surface area contributed by atoms with Gasteiger partial charge >= 0.3 is 0 Å². The molecule has 1 saturated carbocycles. The molecule has 1 aromatic carbocycles. The Hall–Kier alpha value is -0.680. The van der Waals surface area contributed by atoms with Crippen LogP contribution in [0.25, 0.3) is 11.4 Å². The first-order valence-electron chi connectivity index (χ1n) is 6.36. The van der Waals surface area contributed by atoms with E-state index in [1.54, 1.807) is 0 Å². The van der Waals surface area contributed by atoms with Gasteiger partial charge in [0.1, 0.15) is 5.15 Å². The van der Waals surface area contributed by atoms with Crippen molar-refractivity contribution in [3.8, 4) is 11.4 Å². The Morgan fingerprint density at radius 2 is 1.74 bits per heavy atom. The molecule has 1 fully saturated rings. The fraction of sp³-hybridized carbons (Fsp3) is 0.333. The highest BCUT2D eigenvalue weighted by molar-refractivity contribution is 14.1. The monoisotopic (exact) mass is 384 g/mol. The molecule has 98 valence electrons. The zero-order valence-corrected chi connectivity index (χ0v) is 13.8. The van der Waals surface area contributed by atoms with Crippen LogP contribution in [0, 0.1) is 17.4 Å². The quantitative estimate of drug-likeness (QED) is 0.544. The Morgan fingerprint density at radius 1 is 1.11 bits per heavy atom. The normalized spacial score (nSPS) is 14.7. The van der Waals surface area contributed by atoms with Gasteiger partial charge in [-0.15, -0.1) is 0 Å². The topological polar surface area (TPSA) is 25.8 Å². The molecule has 0 radical (unpaired) electrons. The third-order valence-corrected chi connectivity index (χ3v) is 4.94. The van der Waals surface area contributed by atoms with Crippen molar-refractivity contribution >= 4 is 34.2 Å². The van der Waals surface area contributed by atoms with Crippen molar-refractivity contribution in [3.05, 3.63) is 43.7 Å². The first-order chi connectivity index (χ1) is 9.04. The van der Waals surface area contributed by atoms with Crippen LogP contribution in [0.1, 0.15) is 35.6 Å². The zero-order chi connectivity index (χ0) is 13.6. The van der Waals surface area contributed by atoms with E-state index in [0.29, 0.717) is 11.1 Å². The van der Waals surface area contributed by atoms with E-state index < -0.39 is 0 Å². The number of aryl methyl sites for hydroxylation is 2. The fourth-order valence-electron chi connectivity index (χ4n) is 2.30. The summed E-state index contributed by atoms with van der Waals surface area (Å²) in [5, 5.41) is 0.576. The van der Waals surface area contributed by atoms with Crippen LogP contribution in [0.5, 0.6) is 0 Å².